The molecule has 2 aliphatic heterocycles. The average molecular weight is 462 g/mol. The number of carbonyl (C=O) groups is 2. The number of rotatable bonds is 4. The van der Waals surface area contributed by atoms with Crippen LogP contribution in [0.2, 0.25) is 0 Å². The zero-order valence-electron chi connectivity index (χ0n) is 18.6. The minimum absolute atomic E-state index is 0.153. The Morgan fingerprint density at radius 1 is 1.12 bits per heavy atom. The summed E-state index contributed by atoms with van der Waals surface area (Å²) < 4.78 is 0. The van der Waals surface area contributed by atoms with Gasteiger partial charge in [-0.3, -0.25) is 9.59 Å². The van der Waals surface area contributed by atoms with Gasteiger partial charge in [0.15, 0.2) is 0 Å². The maximum Gasteiger partial charge on any atom is 0.257 e. The van der Waals surface area contributed by atoms with Crippen LogP contribution in [0.15, 0.2) is 54.0 Å². The Hall–Kier alpha value is -3.39. The number of thiophene rings is 1. The van der Waals surface area contributed by atoms with Crippen molar-refractivity contribution >= 4 is 40.3 Å². The van der Waals surface area contributed by atoms with Gasteiger partial charge in [0.05, 0.1) is 16.9 Å². The lowest BCUT2D eigenvalue weighted by molar-refractivity contribution is -0.128. The molecule has 0 saturated carbocycles. The number of nitrogens with zero attached hydrogens (tertiary/aromatic N) is 3. The Balaban J connectivity index is 1.25. The van der Waals surface area contributed by atoms with Crippen LogP contribution < -0.4 is 16.0 Å². The van der Waals surface area contributed by atoms with Gasteiger partial charge in [-0.1, -0.05) is 12.1 Å². The van der Waals surface area contributed by atoms with Crippen molar-refractivity contribution in [2.75, 3.05) is 42.1 Å². The molecule has 2 saturated heterocycles. The molecule has 2 amide bonds. The number of aromatic nitrogens is 1. The molecule has 3 N–H and O–H groups in total. The first-order chi connectivity index (χ1) is 15.9. The third kappa shape index (κ3) is 4.30. The summed E-state index contributed by atoms with van der Waals surface area (Å²) in [5.41, 5.74) is 8.87. The number of anilines is 3. The zero-order valence-corrected chi connectivity index (χ0v) is 19.4. The summed E-state index contributed by atoms with van der Waals surface area (Å²) in [4.78, 5) is 34.5. The first-order valence-corrected chi connectivity index (χ1v) is 12.0. The number of amides is 2. The normalized spacial score (nSPS) is 19.9. The standard InChI is InChI=1S/C25H27N5O2S/c1-17(31)29-10-8-25(15-29)9-11-30(16-25)23-7-5-19(14-27-23)24(32)28-21-13-18(4-6-20(21)26)22-3-2-12-33-22/h2-7,12-14H,8-11,15-16,26H2,1H3,(H,28,32). The Kier molecular flexibility index (Phi) is 5.54. The van der Waals surface area contributed by atoms with Gasteiger partial charge in [-0.05, 0) is 54.1 Å². The monoisotopic (exact) mass is 461 g/mol. The SMILES string of the molecule is CC(=O)N1CCC2(CCN(c3ccc(C(=O)Nc4cc(-c5cccs5)ccc4N)cn3)C2)C1. The molecule has 0 bridgehead atoms. The van der Waals surface area contributed by atoms with Crippen LogP contribution >= 0.6 is 11.3 Å². The van der Waals surface area contributed by atoms with E-state index in [2.05, 4.69) is 15.2 Å². The molecule has 8 heteroatoms. The smallest absolute Gasteiger partial charge is 0.257 e. The fourth-order valence-electron chi connectivity index (χ4n) is 4.83. The van der Waals surface area contributed by atoms with Crippen molar-refractivity contribution in [3.8, 4) is 10.4 Å². The van der Waals surface area contributed by atoms with Crippen molar-refractivity contribution < 1.29 is 9.59 Å². The van der Waals surface area contributed by atoms with Crippen LogP contribution in [-0.2, 0) is 4.79 Å². The van der Waals surface area contributed by atoms with E-state index in [4.69, 9.17) is 5.73 Å². The largest absolute Gasteiger partial charge is 0.397 e. The summed E-state index contributed by atoms with van der Waals surface area (Å²) in [5.74, 6) is 0.777. The Bertz CT molecular complexity index is 1180. The number of benzene rings is 1. The van der Waals surface area contributed by atoms with E-state index in [0.29, 0.717) is 16.9 Å². The molecule has 3 aromatic rings. The second-order valence-corrected chi connectivity index (χ2v) is 9.95. The molecule has 170 valence electrons. The van der Waals surface area contributed by atoms with E-state index in [9.17, 15) is 9.59 Å². The highest BCUT2D eigenvalue weighted by molar-refractivity contribution is 7.13. The van der Waals surface area contributed by atoms with Crippen molar-refractivity contribution in [2.45, 2.75) is 19.8 Å². The molecule has 0 radical (unpaired) electrons. The Morgan fingerprint density at radius 3 is 2.67 bits per heavy atom. The molecule has 2 fully saturated rings. The number of nitrogens with one attached hydrogen (secondary N) is 1. The zero-order chi connectivity index (χ0) is 23.0. The van der Waals surface area contributed by atoms with E-state index in [1.165, 1.54) is 0 Å². The van der Waals surface area contributed by atoms with Gasteiger partial charge < -0.3 is 20.9 Å². The highest BCUT2D eigenvalue weighted by atomic mass is 32.1. The number of nitrogen functional groups attached to an aromatic ring is 1. The Labute approximate surface area is 197 Å². The molecule has 4 heterocycles. The molecule has 1 unspecified atom stereocenters. The first-order valence-electron chi connectivity index (χ1n) is 11.1. The van der Waals surface area contributed by atoms with Gasteiger partial charge in [0.1, 0.15) is 5.82 Å². The molecule has 1 aromatic carbocycles. The summed E-state index contributed by atoms with van der Waals surface area (Å²) >= 11 is 1.64. The number of pyridine rings is 1. The number of nitrogens with two attached hydrogens (primary N) is 1. The van der Waals surface area contributed by atoms with Gasteiger partial charge >= 0.3 is 0 Å². The highest BCUT2D eigenvalue weighted by Gasteiger charge is 2.44. The van der Waals surface area contributed by atoms with Crippen LogP contribution in [0.1, 0.15) is 30.1 Å². The number of carbonyl (C=O) groups excluding carboxylic acids is 2. The molecule has 5 rings (SSSR count). The third-order valence-corrected chi connectivity index (χ3v) is 7.68. The van der Waals surface area contributed by atoms with Gasteiger partial charge in [-0.2, -0.15) is 0 Å². The van der Waals surface area contributed by atoms with E-state index in [1.807, 2.05) is 46.7 Å². The van der Waals surface area contributed by atoms with Gasteiger partial charge in [-0.25, -0.2) is 4.98 Å². The first kappa shape index (κ1) is 21.5. The predicted octanol–water partition coefficient (Wildman–Crippen LogP) is 4.09. The molecule has 1 atom stereocenters. The fourth-order valence-corrected chi connectivity index (χ4v) is 5.55. The van der Waals surface area contributed by atoms with E-state index in [1.54, 1.807) is 30.5 Å². The summed E-state index contributed by atoms with van der Waals surface area (Å²) in [5, 5.41) is 4.94. The van der Waals surface area contributed by atoms with Crippen molar-refractivity contribution in [3.63, 3.8) is 0 Å². The van der Waals surface area contributed by atoms with E-state index >= 15 is 0 Å². The fraction of sp³-hybridized carbons (Fsp3) is 0.320. The maximum absolute atomic E-state index is 12.8. The quantitative estimate of drug-likeness (QED) is 0.571. The van der Waals surface area contributed by atoms with Crippen molar-refractivity contribution in [3.05, 3.63) is 59.6 Å². The Morgan fingerprint density at radius 2 is 1.97 bits per heavy atom. The molecule has 0 aliphatic carbocycles. The summed E-state index contributed by atoms with van der Waals surface area (Å²) in [7, 11) is 0. The van der Waals surface area contributed by atoms with Crippen LogP contribution in [0.4, 0.5) is 17.2 Å². The van der Waals surface area contributed by atoms with Crippen LogP contribution in [0.3, 0.4) is 0 Å². The van der Waals surface area contributed by atoms with Crippen molar-refractivity contribution in [1.29, 1.82) is 0 Å². The molecular formula is C25H27N5O2S. The minimum atomic E-state index is -0.241. The average Bonchev–Trinajstić information content (AvgIpc) is 3.58. The molecule has 33 heavy (non-hydrogen) atoms. The molecule has 1 spiro atoms. The topological polar surface area (TPSA) is 91.6 Å². The molecule has 7 nitrogen and oxygen atoms in total. The number of hydrogen-bond donors (Lipinski definition) is 2. The third-order valence-electron chi connectivity index (χ3n) is 6.76. The van der Waals surface area contributed by atoms with E-state index in [0.717, 1.165) is 55.3 Å². The second kappa shape index (κ2) is 8.51. The molecule has 2 aromatic heterocycles. The van der Waals surface area contributed by atoms with Crippen LogP contribution in [0.25, 0.3) is 10.4 Å². The van der Waals surface area contributed by atoms with Gasteiger partial charge in [0.2, 0.25) is 5.91 Å². The van der Waals surface area contributed by atoms with Crippen molar-refractivity contribution in [2.24, 2.45) is 5.41 Å². The van der Waals surface area contributed by atoms with Crippen LogP contribution in [0.5, 0.6) is 0 Å². The van der Waals surface area contributed by atoms with E-state index in [-0.39, 0.29) is 17.2 Å². The minimum Gasteiger partial charge on any atom is -0.397 e. The molecule has 2 aliphatic rings. The summed E-state index contributed by atoms with van der Waals surface area (Å²) in [6.45, 7) is 5.11. The number of likely N-dealkylation sites (tertiary alicyclic amines) is 1. The highest BCUT2D eigenvalue weighted by Crippen LogP contribution is 2.40. The second-order valence-electron chi connectivity index (χ2n) is 9.00. The maximum atomic E-state index is 12.8. The summed E-state index contributed by atoms with van der Waals surface area (Å²) in [6, 6.07) is 13.4. The predicted molar refractivity (Wildman–Crippen MR) is 132 cm³/mol. The van der Waals surface area contributed by atoms with Gasteiger partial charge in [-0.15, -0.1) is 11.3 Å². The van der Waals surface area contributed by atoms with E-state index < -0.39 is 0 Å². The van der Waals surface area contributed by atoms with Crippen LogP contribution in [-0.4, -0.2) is 47.9 Å². The van der Waals surface area contributed by atoms with Gasteiger partial charge in [0, 0.05) is 49.6 Å². The summed E-state index contributed by atoms with van der Waals surface area (Å²) in [6.07, 6.45) is 3.71. The molecular weight excluding hydrogens is 434 g/mol. The lowest BCUT2D eigenvalue weighted by atomic mass is 9.86. The lowest BCUT2D eigenvalue weighted by Crippen LogP contribution is -2.33. The van der Waals surface area contributed by atoms with Crippen LogP contribution in [0, 0.1) is 5.41 Å². The van der Waals surface area contributed by atoms with Crippen molar-refractivity contribution in [1.82, 2.24) is 9.88 Å². The lowest BCUT2D eigenvalue weighted by Gasteiger charge is -2.24. The van der Waals surface area contributed by atoms with Gasteiger partial charge in [0.25, 0.3) is 5.91 Å². The number of hydrogen-bond acceptors (Lipinski definition) is 6.